The Morgan fingerprint density at radius 2 is 2.19 bits per heavy atom. The molecule has 0 aromatic heterocycles. The molecular formula is C12H16ClNO2. The van der Waals surface area contributed by atoms with Gasteiger partial charge in [-0.3, -0.25) is 4.79 Å². The molecule has 16 heavy (non-hydrogen) atoms. The minimum atomic E-state index is -0.742. The highest BCUT2D eigenvalue weighted by molar-refractivity contribution is 6.33. The molecule has 0 aliphatic rings. The van der Waals surface area contributed by atoms with E-state index in [1.807, 2.05) is 25.1 Å². The molecule has 1 rings (SSSR count). The topological polar surface area (TPSA) is 49.3 Å². The number of benzene rings is 1. The summed E-state index contributed by atoms with van der Waals surface area (Å²) < 4.78 is 0. The fourth-order valence-electron chi connectivity index (χ4n) is 1.40. The molecule has 0 aliphatic heterocycles. The molecule has 0 fully saturated rings. The molecule has 0 atom stereocenters. The van der Waals surface area contributed by atoms with Crippen molar-refractivity contribution >= 4 is 23.3 Å². The number of carboxylic acids is 1. The number of hydrogen-bond donors (Lipinski definition) is 2. The first kappa shape index (κ1) is 12.8. The third kappa shape index (κ3) is 4.53. The molecule has 0 heterocycles. The smallest absolute Gasteiger partial charge is 0.303 e. The zero-order valence-corrected chi connectivity index (χ0v) is 10.0. The molecule has 0 amide bonds. The molecule has 1 aromatic rings. The summed E-state index contributed by atoms with van der Waals surface area (Å²) >= 11 is 6.00. The molecule has 0 aliphatic carbocycles. The number of halogens is 1. The zero-order valence-electron chi connectivity index (χ0n) is 9.29. The van der Waals surface area contributed by atoms with E-state index in [4.69, 9.17) is 16.7 Å². The van der Waals surface area contributed by atoms with Gasteiger partial charge in [0.2, 0.25) is 0 Å². The van der Waals surface area contributed by atoms with E-state index in [0.29, 0.717) is 11.4 Å². The molecule has 0 bridgehead atoms. The molecule has 0 radical (unpaired) electrons. The normalized spacial score (nSPS) is 10.1. The maximum absolute atomic E-state index is 10.3. The molecule has 2 N–H and O–H groups in total. The number of carbonyl (C=O) groups is 1. The summed E-state index contributed by atoms with van der Waals surface area (Å²) in [6.07, 6.45) is 1.74. The van der Waals surface area contributed by atoms with Gasteiger partial charge in [0, 0.05) is 13.0 Å². The van der Waals surface area contributed by atoms with Gasteiger partial charge in [0.15, 0.2) is 0 Å². The van der Waals surface area contributed by atoms with Crippen molar-refractivity contribution in [1.29, 1.82) is 0 Å². The van der Waals surface area contributed by atoms with Gasteiger partial charge in [-0.2, -0.15) is 0 Å². The van der Waals surface area contributed by atoms with E-state index in [-0.39, 0.29) is 6.42 Å². The summed E-state index contributed by atoms with van der Waals surface area (Å²) in [4.78, 5) is 10.3. The van der Waals surface area contributed by atoms with E-state index in [1.165, 1.54) is 0 Å². The Kier molecular flexibility index (Phi) is 5.12. The van der Waals surface area contributed by atoms with Crippen molar-refractivity contribution in [2.24, 2.45) is 0 Å². The Balaban J connectivity index is 2.31. The SMILES string of the molecule is Cc1ccc(Cl)c(NCCCCC(=O)O)c1. The average molecular weight is 242 g/mol. The molecule has 0 saturated carbocycles. The summed E-state index contributed by atoms with van der Waals surface area (Å²) in [6, 6.07) is 5.80. The van der Waals surface area contributed by atoms with Crippen LogP contribution in [-0.4, -0.2) is 17.6 Å². The molecule has 88 valence electrons. The summed E-state index contributed by atoms with van der Waals surface area (Å²) in [6.45, 7) is 2.75. The van der Waals surface area contributed by atoms with Crippen LogP contribution in [0.2, 0.25) is 5.02 Å². The number of rotatable bonds is 6. The number of aliphatic carboxylic acids is 1. The van der Waals surface area contributed by atoms with Gasteiger partial charge in [0.25, 0.3) is 0 Å². The Labute approximate surface area is 100 Å². The minimum absolute atomic E-state index is 0.225. The van der Waals surface area contributed by atoms with Crippen LogP contribution in [0.1, 0.15) is 24.8 Å². The quantitative estimate of drug-likeness (QED) is 0.752. The molecule has 0 unspecified atom stereocenters. The van der Waals surface area contributed by atoms with Crippen LogP contribution in [0.15, 0.2) is 18.2 Å². The zero-order chi connectivity index (χ0) is 12.0. The standard InChI is InChI=1S/C12H16ClNO2/c1-9-5-6-10(13)11(8-9)14-7-3-2-4-12(15)16/h5-6,8,14H,2-4,7H2,1H3,(H,15,16). The number of anilines is 1. The fourth-order valence-corrected chi connectivity index (χ4v) is 1.58. The van der Waals surface area contributed by atoms with Crippen molar-refractivity contribution in [2.45, 2.75) is 26.2 Å². The van der Waals surface area contributed by atoms with Crippen molar-refractivity contribution < 1.29 is 9.90 Å². The maximum Gasteiger partial charge on any atom is 0.303 e. The highest BCUT2D eigenvalue weighted by Gasteiger charge is 2.00. The van der Waals surface area contributed by atoms with Gasteiger partial charge in [-0.25, -0.2) is 0 Å². The molecule has 4 heteroatoms. The van der Waals surface area contributed by atoms with Gasteiger partial charge in [-0.05, 0) is 37.5 Å². The van der Waals surface area contributed by atoms with E-state index in [9.17, 15) is 4.79 Å². The van der Waals surface area contributed by atoms with Crippen LogP contribution >= 0.6 is 11.6 Å². The monoisotopic (exact) mass is 241 g/mol. The van der Waals surface area contributed by atoms with E-state index >= 15 is 0 Å². The molecule has 3 nitrogen and oxygen atoms in total. The van der Waals surface area contributed by atoms with Crippen molar-refractivity contribution in [2.75, 3.05) is 11.9 Å². The highest BCUT2D eigenvalue weighted by atomic mass is 35.5. The Morgan fingerprint density at radius 1 is 1.44 bits per heavy atom. The van der Waals surface area contributed by atoms with E-state index in [0.717, 1.165) is 24.2 Å². The Hall–Kier alpha value is -1.22. The minimum Gasteiger partial charge on any atom is -0.481 e. The first-order valence-electron chi connectivity index (χ1n) is 5.31. The van der Waals surface area contributed by atoms with E-state index in [1.54, 1.807) is 0 Å². The van der Waals surface area contributed by atoms with Crippen molar-refractivity contribution in [3.05, 3.63) is 28.8 Å². The Bertz CT molecular complexity index is 366. The third-order valence-corrected chi connectivity index (χ3v) is 2.58. The first-order valence-corrected chi connectivity index (χ1v) is 5.69. The largest absolute Gasteiger partial charge is 0.481 e. The second-order valence-corrected chi connectivity index (χ2v) is 4.17. The predicted octanol–water partition coefficient (Wildman–Crippen LogP) is 3.32. The second kappa shape index (κ2) is 6.38. The fraction of sp³-hybridized carbons (Fsp3) is 0.417. The van der Waals surface area contributed by atoms with Crippen molar-refractivity contribution in [3.8, 4) is 0 Å². The van der Waals surface area contributed by atoms with Crippen LogP contribution in [0.5, 0.6) is 0 Å². The lowest BCUT2D eigenvalue weighted by atomic mass is 10.2. The number of nitrogens with one attached hydrogen (secondary N) is 1. The Morgan fingerprint density at radius 3 is 2.88 bits per heavy atom. The van der Waals surface area contributed by atoms with Crippen molar-refractivity contribution in [1.82, 2.24) is 0 Å². The molecule has 0 spiro atoms. The summed E-state index contributed by atoms with van der Waals surface area (Å²) in [5.74, 6) is -0.742. The van der Waals surface area contributed by atoms with Crippen LogP contribution in [-0.2, 0) is 4.79 Å². The molecule has 1 aromatic carbocycles. The van der Waals surface area contributed by atoms with Crippen LogP contribution in [0, 0.1) is 6.92 Å². The van der Waals surface area contributed by atoms with Gasteiger partial charge in [0.05, 0.1) is 10.7 Å². The van der Waals surface area contributed by atoms with Gasteiger partial charge >= 0.3 is 5.97 Å². The number of carboxylic acid groups (broad SMARTS) is 1. The van der Waals surface area contributed by atoms with Crippen molar-refractivity contribution in [3.63, 3.8) is 0 Å². The van der Waals surface area contributed by atoms with E-state index < -0.39 is 5.97 Å². The van der Waals surface area contributed by atoms with E-state index in [2.05, 4.69) is 5.32 Å². The molecular weight excluding hydrogens is 226 g/mol. The van der Waals surface area contributed by atoms with Crippen LogP contribution in [0.4, 0.5) is 5.69 Å². The summed E-state index contributed by atoms with van der Waals surface area (Å²) in [5, 5.41) is 12.4. The van der Waals surface area contributed by atoms with Gasteiger partial charge in [-0.1, -0.05) is 17.7 Å². The highest BCUT2D eigenvalue weighted by Crippen LogP contribution is 2.22. The number of unbranched alkanes of at least 4 members (excludes halogenated alkanes) is 1. The van der Waals surface area contributed by atoms with Crippen LogP contribution in [0.25, 0.3) is 0 Å². The summed E-state index contributed by atoms with van der Waals surface area (Å²) in [5.41, 5.74) is 2.06. The number of hydrogen-bond acceptors (Lipinski definition) is 2. The van der Waals surface area contributed by atoms with Gasteiger partial charge in [0.1, 0.15) is 0 Å². The van der Waals surface area contributed by atoms with Gasteiger partial charge < -0.3 is 10.4 Å². The predicted molar refractivity (Wildman–Crippen MR) is 66.2 cm³/mol. The lowest BCUT2D eigenvalue weighted by molar-refractivity contribution is -0.137. The van der Waals surface area contributed by atoms with Crippen LogP contribution in [0.3, 0.4) is 0 Å². The lowest BCUT2D eigenvalue weighted by Crippen LogP contribution is -2.03. The lowest BCUT2D eigenvalue weighted by Gasteiger charge is -2.08. The first-order chi connectivity index (χ1) is 7.59. The average Bonchev–Trinajstić information content (AvgIpc) is 2.22. The summed E-state index contributed by atoms with van der Waals surface area (Å²) in [7, 11) is 0. The second-order valence-electron chi connectivity index (χ2n) is 3.76. The number of aryl methyl sites for hydroxylation is 1. The third-order valence-electron chi connectivity index (χ3n) is 2.25. The van der Waals surface area contributed by atoms with Gasteiger partial charge in [-0.15, -0.1) is 0 Å². The van der Waals surface area contributed by atoms with Crippen LogP contribution < -0.4 is 5.32 Å². The maximum atomic E-state index is 10.3. The molecule has 0 saturated heterocycles.